The van der Waals surface area contributed by atoms with E-state index >= 15 is 0 Å². The molecule has 1 N–H and O–H groups in total. The van der Waals surface area contributed by atoms with Crippen LogP contribution in [0, 0.1) is 0 Å². The molecule has 15 heavy (non-hydrogen) atoms. The first kappa shape index (κ1) is 12.7. The lowest BCUT2D eigenvalue weighted by Gasteiger charge is -2.29. The highest BCUT2D eigenvalue weighted by atomic mass is 16.5. The molecule has 1 atom stereocenters. The van der Waals surface area contributed by atoms with E-state index in [0.29, 0.717) is 6.04 Å². The van der Waals surface area contributed by atoms with E-state index in [-0.39, 0.29) is 0 Å². The van der Waals surface area contributed by atoms with E-state index in [1.54, 1.807) is 0 Å². The van der Waals surface area contributed by atoms with Crippen LogP contribution in [0.15, 0.2) is 11.6 Å². The van der Waals surface area contributed by atoms with Gasteiger partial charge in [-0.05, 0) is 20.8 Å². The molecular weight excluding hydrogens is 188 g/mol. The fraction of sp³-hybridized carbons (Fsp3) is 0.833. The Labute approximate surface area is 93.5 Å². The fourth-order valence-corrected chi connectivity index (χ4v) is 1.70. The van der Waals surface area contributed by atoms with Crippen LogP contribution < -0.4 is 5.32 Å². The summed E-state index contributed by atoms with van der Waals surface area (Å²) in [5, 5.41) is 3.50. The largest absolute Gasteiger partial charge is 0.379 e. The topological polar surface area (TPSA) is 24.5 Å². The molecule has 1 unspecified atom stereocenters. The van der Waals surface area contributed by atoms with Crippen molar-refractivity contribution >= 4 is 0 Å². The van der Waals surface area contributed by atoms with E-state index < -0.39 is 0 Å². The van der Waals surface area contributed by atoms with Gasteiger partial charge in [-0.15, -0.1) is 0 Å². The molecule has 1 heterocycles. The summed E-state index contributed by atoms with van der Waals surface area (Å²) in [6.07, 6.45) is 2.23. The third kappa shape index (κ3) is 5.92. The molecule has 1 rings (SSSR count). The highest BCUT2D eigenvalue weighted by Gasteiger charge is 2.12. The highest BCUT2D eigenvalue weighted by Crippen LogP contribution is 1.98. The number of nitrogens with one attached hydrogen (secondary N) is 1. The quantitative estimate of drug-likeness (QED) is 0.694. The lowest BCUT2D eigenvalue weighted by molar-refractivity contribution is 0.0346. The van der Waals surface area contributed by atoms with Crippen LogP contribution in [0.3, 0.4) is 0 Å². The lowest BCUT2D eigenvalue weighted by atomic mass is 10.2. The number of hydrogen-bond acceptors (Lipinski definition) is 3. The Balaban J connectivity index is 2.11. The average molecular weight is 212 g/mol. The minimum Gasteiger partial charge on any atom is -0.379 e. The normalized spacial score (nSPS) is 19.9. The van der Waals surface area contributed by atoms with Crippen LogP contribution in [0.1, 0.15) is 20.8 Å². The summed E-state index contributed by atoms with van der Waals surface area (Å²) >= 11 is 0. The van der Waals surface area contributed by atoms with Gasteiger partial charge in [0, 0.05) is 32.2 Å². The molecule has 1 aliphatic heterocycles. The molecule has 0 saturated carbocycles. The fourth-order valence-electron chi connectivity index (χ4n) is 1.70. The number of allylic oxidation sites excluding steroid dienone is 1. The monoisotopic (exact) mass is 212 g/mol. The summed E-state index contributed by atoms with van der Waals surface area (Å²) in [6, 6.07) is 0.554. The second-order valence-electron chi connectivity index (χ2n) is 4.50. The molecule has 0 amide bonds. The van der Waals surface area contributed by atoms with Gasteiger partial charge in [0.2, 0.25) is 0 Å². The molecular formula is C12H24N2O. The van der Waals surface area contributed by atoms with Crippen LogP contribution in [0.2, 0.25) is 0 Å². The second kappa shape index (κ2) is 6.99. The molecule has 1 fully saturated rings. The minimum absolute atomic E-state index is 0.554. The van der Waals surface area contributed by atoms with Crippen molar-refractivity contribution in [2.75, 3.05) is 39.4 Å². The molecule has 88 valence electrons. The maximum atomic E-state index is 5.32. The van der Waals surface area contributed by atoms with Crippen molar-refractivity contribution in [1.82, 2.24) is 10.2 Å². The van der Waals surface area contributed by atoms with E-state index in [0.717, 1.165) is 39.4 Å². The first-order valence-corrected chi connectivity index (χ1v) is 5.85. The van der Waals surface area contributed by atoms with Gasteiger partial charge in [-0.1, -0.05) is 11.6 Å². The first-order valence-electron chi connectivity index (χ1n) is 5.85. The van der Waals surface area contributed by atoms with Gasteiger partial charge in [0.15, 0.2) is 0 Å². The molecule has 0 bridgehead atoms. The summed E-state index contributed by atoms with van der Waals surface area (Å²) in [5.74, 6) is 0. The number of ether oxygens (including phenoxy) is 1. The van der Waals surface area contributed by atoms with Gasteiger partial charge in [0.1, 0.15) is 0 Å². The van der Waals surface area contributed by atoms with Crippen LogP contribution in [0.25, 0.3) is 0 Å². The smallest absolute Gasteiger partial charge is 0.0594 e. The van der Waals surface area contributed by atoms with Crippen LogP contribution in [0.4, 0.5) is 0 Å². The first-order chi connectivity index (χ1) is 7.18. The summed E-state index contributed by atoms with van der Waals surface area (Å²) in [5.41, 5.74) is 1.38. The highest BCUT2D eigenvalue weighted by molar-refractivity contribution is 4.94. The molecule has 0 aromatic carbocycles. The van der Waals surface area contributed by atoms with Crippen molar-refractivity contribution in [2.24, 2.45) is 0 Å². The Hall–Kier alpha value is -0.380. The Morgan fingerprint density at radius 1 is 1.40 bits per heavy atom. The van der Waals surface area contributed by atoms with Crippen LogP contribution in [0.5, 0.6) is 0 Å². The second-order valence-corrected chi connectivity index (χ2v) is 4.50. The number of rotatable bonds is 5. The van der Waals surface area contributed by atoms with Gasteiger partial charge in [0.25, 0.3) is 0 Å². The Morgan fingerprint density at radius 2 is 2.07 bits per heavy atom. The number of hydrogen-bond donors (Lipinski definition) is 1. The zero-order chi connectivity index (χ0) is 11.1. The number of nitrogens with zero attached hydrogens (tertiary/aromatic N) is 1. The van der Waals surface area contributed by atoms with E-state index in [4.69, 9.17) is 4.74 Å². The zero-order valence-corrected chi connectivity index (χ0v) is 10.3. The standard InChI is InChI=1S/C12H24N2O/c1-11(2)4-5-13-12(3)10-14-6-8-15-9-7-14/h4,12-13H,5-10H2,1-3H3. The van der Waals surface area contributed by atoms with Crippen molar-refractivity contribution in [3.63, 3.8) is 0 Å². The molecule has 0 aromatic heterocycles. The van der Waals surface area contributed by atoms with Crippen LogP contribution in [-0.2, 0) is 4.74 Å². The molecule has 3 nitrogen and oxygen atoms in total. The average Bonchev–Trinajstić information content (AvgIpc) is 2.18. The molecule has 0 spiro atoms. The van der Waals surface area contributed by atoms with E-state index in [1.807, 2.05) is 0 Å². The van der Waals surface area contributed by atoms with Crippen molar-refractivity contribution < 1.29 is 4.74 Å². The maximum Gasteiger partial charge on any atom is 0.0594 e. The predicted octanol–water partition coefficient (Wildman–Crippen LogP) is 1.26. The molecule has 0 radical (unpaired) electrons. The van der Waals surface area contributed by atoms with E-state index in [9.17, 15) is 0 Å². The van der Waals surface area contributed by atoms with Gasteiger partial charge < -0.3 is 10.1 Å². The molecule has 1 saturated heterocycles. The summed E-state index contributed by atoms with van der Waals surface area (Å²) in [4.78, 5) is 2.46. The molecule has 0 aromatic rings. The van der Waals surface area contributed by atoms with Gasteiger partial charge in [-0.2, -0.15) is 0 Å². The van der Waals surface area contributed by atoms with Gasteiger partial charge in [-0.3, -0.25) is 4.90 Å². The summed E-state index contributed by atoms with van der Waals surface area (Å²) in [6.45, 7) is 12.6. The van der Waals surface area contributed by atoms with Gasteiger partial charge in [0.05, 0.1) is 13.2 Å². The van der Waals surface area contributed by atoms with Crippen molar-refractivity contribution in [3.05, 3.63) is 11.6 Å². The molecule has 3 heteroatoms. The van der Waals surface area contributed by atoms with Crippen molar-refractivity contribution in [3.8, 4) is 0 Å². The van der Waals surface area contributed by atoms with Crippen molar-refractivity contribution in [1.29, 1.82) is 0 Å². The maximum absolute atomic E-state index is 5.32. The summed E-state index contributed by atoms with van der Waals surface area (Å²) < 4.78 is 5.32. The minimum atomic E-state index is 0.554. The Morgan fingerprint density at radius 3 is 2.67 bits per heavy atom. The Kier molecular flexibility index (Phi) is 5.91. The SMILES string of the molecule is CC(C)=CCNC(C)CN1CCOCC1. The van der Waals surface area contributed by atoms with Crippen LogP contribution >= 0.6 is 0 Å². The zero-order valence-electron chi connectivity index (χ0n) is 10.3. The summed E-state index contributed by atoms with van der Waals surface area (Å²) in [7, 11) is 0. The third-order valence-electron chi connectivity index (χ3n) is 2.61. The molecule has 0 aliphatic carbocycles. The molecule has 1 aliphatic rings. The van der Waals surface area contributed by atoms with E-state index in [1.165, 1.54) is 5.57 Å². The predicted molar refractivity (Wildman–Crippen MR) is 64.2 cm³/mol. The third-order valence-corrected chi connectivity index (χ3v) is 2.61. The van der Waals surface area contributed by atoms with Crippen LogP contribution in [-0.4, -0.2) is 50.3 Å². The van der Waals surface area contributed by atoms with Gasteiger partial charge in [-0.25, -0.2) is 0 Å². The van der Waals surface area contributed by atoms with Gasteiger partial charge >= 0.3 is 0 Å². The number of morpholine rings is 1. The Bertz CT molecular complexity index is 194. The van der Waals surface area contributed by atoms with E-state index in [2.05, 4.69) is 37.1 Å². The van der Waals surface area contributed by atoms with Crippen molar-refractivity contribution in [2.45, 2.75) is 26.8 Å². The lowest BCUT2D eigenvalue weighted by Crippen LogP contribution is -2.44.